The van der Waals surface area contributed by atoms with E-state index in [-0.39, 0.29) is 6.61 Å². The van der Waals surface area contributed by atoms with Gasteiger partial charge in [-0.2, -0.15) is 0 Å². The summed E-state index contributed by atoms with van der Waals surface area (Å²) in [6.07, 6.45) is 1.07. The Morgan fingerprint density at radius 3 is 2.17 bits per heavy atom. The molecule has 1 rings (SSSR count). The van der Waals surface area contributed by atoms with Crippen LogP contribution in [0.1, 0.15) is 39.2 Å². The Morgan fingerprint density at radius 2 is 1.61 bits per heavy atom. The minimum atomic E-state index is -0.894. The van der Waals surface area contributed by atoms with Gasteiger partial charge in [-0.25, -0.2) is 0 Å². The zero-order valence-electron chi connectivity index (χ0n) is 11.5. The summed E-state index contributed by atoms with van der Waals surface area (Å²) in [5.41, 5.74) is -0.547. The van der Waals surface area contributed by atoms with Crippen LogP contribution in [0.25, 0.3) is 0 Å². The molecule has 1 aromatic carbocycles. The first-order valence-electron chi connectivity index (χ1n) is 6.35. The molecule has 0 aliphatic heterocycles. The lowest BCUT2D eigenvalue weighted by Crippen LogP contribution is -2.33. The van der Waals surface area contributed by atoms with Gasteiger partial charge in [-0.05, 0) is 39.2 Å². The monoisotopic (exact) mass is 252 g/mol. The summed E-state index contributed by atoms with van der Waals surface area (Å²) in [5, 5.41) is 19.8. The molecule has 0 fully saturated rings. The summed E-state index contributed by atoms with van der Waals surface area (Å²) in [6, 6.07) is 9.87. The van der Waals surface area contributed by atoms with Crippen LogP contribution in [0, 0.1) is 0 Å². The highest BCUT2D eigenvalue weighted by Crippen LogP contribution is 2.19. The minimum Gasteiger partial charge on any atom is -0.390 e. The number of rotatable bonds is 7. The Kier molecular flexibility index (Phi) is 5.32. The first-order valence-corrected chi connectivity index (χ1v) is 6.35. The number of aliphatic hydroxyl groups is 2. The van der Waals surface area contributed by atoms with E-state index in [1.54, 1.807) is 20.8 Å². The van der Waals surface area contributed by atoms with Crippen molar-refractivity contribution in [3.05, 3.63) is 35.9 Å². The standard InChI is InChI=1S/C15H24O3/c1-14(2,16)9-10-15(3,17)12-18-11-13-7-5-4-6-8-13/h4-8,16-17H,9-12H2,1-3H3. The summed E-state index contributed by atoms with van der Waals surface area (Å²) in [7, 11) is 0. The smallest absolute Gasteiger partial charge is 0.0853 e. The molecule has 1 aromatic rings. The SMILES string of the molecule is CC(C)(O)CCC(C)(O)COCc1ccccc1. The lowest BCUT2D eigenvalue weighted by atomic mass is 9.93. The van der Waals surface area contributed by atoms with E-state index in [0.29, 0.717) is 19.4 Å². The van der Waals surface area contributed by atoms with Crippen molar-refractivity contribution in [3.8, 4) is 0 Å². The van der Waals surface area contributed by atoms with E-state index in [0.717, 1.165) is 5.56 Å². The summed E-state index contributed by atoms with van der Waals surface area (Å²) in [4.78, 5) is 0. The molecule has 0 radical (unpaired) electrons. The van der Waals surface area contributed by atoms with Crippen molar-refractivity contribution < 1.29 is 14.9 Å². The zero-order chi connectivity index (χ0) is 13.6. The third-order valence-electron chi connectivity index (χ3n) is 2.80. The van der Waals surface area contributed by atoms with E-state index in [1.165, 1.54) is 0 Å². The molecule has 3 heteroatoms. The summed E-state index contributed by atoms with van der Waals surface area (Å²) >= 11 is 0. The maximum atomic E-state index is 10.1. The lowest BCUT2D eigenvalue weighted by Gasteiger charge is -2.27. The van der Waals surface area contributed by atoms with Gasteiger partial charge in [-0.3, -0.25) is 0 Å². The van der Waals surface area contributed by atoms with Gasteiger partial charge in [0.2, 0.25) is 0 Å². The highest BCUT2D eigenvalue weighted by atomic mass is 16.5. The van der Waals surface area contributed by atoms with Gasteiger partial charge in [-0.15, -0.1) is 0 Å². The predicted octanol–water partition coefficient (Wildman–Crippen LogP) is 2.51. The van der Waals surface area contributed by atoms with Crippen LogP contribution in [-0.4, -0.2) is 28.0 Å². The minimum absolute atomic E-state index is 0.276. The quantitative estimate of drug-likeness (QED) is 0.784. The molecule has 1 atom stereocenters. The highest BCUT2D eigenvalue weighted by Gasteiger charge is 2.24. The largest absolute Gasteiger partial charge is 0.390 e. The molecule has 18 heavy (non-hydrogen) atoms. The van der Waals surface area contributed by atoms with Crippen LogP contribution in [0.5, 0.6) is 0 Å². The first kappa shape index (κ1) is 15.2. The van der Waals surface area contributed by atoms with Crippen molar-refractivity contribution in [1.29, 1.82) is 0 Å². The fourth-order valence-electron chi connectivity index (χ4n) is 1.61. The Labute approximate surface area is 109 Å². The Balaban J connectivity index is 2.29. The predicted molar refractivity (Wildman–Crippen MR) is 72.3 cm³/mol. The fraction of sp³-hybridized carbons (Fsp3) is 0.600. The van der Waals surface area contributed by atoms with Crippen molar-refractivity contribution in [2.75, 3.05) is 6.61 Å². The molecule has 1 unspecified atom stereocenters. The molecule has 0 saturated carbocycles. The van der Waals surface area contributed by atoms with Crippen LogP contribution in [0.3, 0.4) is 0 Å². The third-order valence-corrected chi connectivity index (χ3v) is 2.80. The van der Waals surface area contributed by atoms with Gasteiger partial charge >= 0.3 is 0 Å². The fourth-order valence-corrected chi connectivity index (χ4v) is 1.61. The van der Waals surface area contributed by atoms with Crippen molar-refractivity contribution in [3.63, 3.8) is 0 Å². The van der Waals surface area contributed by atoms with Gasteiger partial charge in [0.15, 0.2) is 0 Å². The van der Waals surface area contributed by atoms with E-state index in [1.807, 2.05) is 30.3 Å². The second-order valence-electron chi connectivity index (χ2n) is 5.79. The average molecular weight is 252 g/mol. The molecule has 0 aliphatic carbocycles. The first-order chi connectivity index (χ1) is 8.29. The molecular formula is C15H24O3. The number of hydrogen-bond donors (Lipinski definition) is 2. The molecule has 3 nitrogen and oxygen atoms in total. The van der Waals surface area contributed by atoms with Crippen LogP contribution in [-0.2, 0) is 11.3 Å². The van der Waals surface area contributed by atoms with Gasteiger partial charge < -0.3 is 14.9 Å². The van der Waals surface area contributed by atoms with Gasteiger partial charge in [0.25, 0.3) is 0 Å². The Morgan fingerprint density at radius 1 is 1.00 bits per heavy atom. The zero-order valence-corrected chi connectivity index (χ0v) is 11.5. The molecule has 0 spiro atoms. The van der Waals surface area contributed by atoms with E-state index in [4.69, 9.17) is 4.74 Å². The van der Waals surface area contributed by atoms with Crippen LogP contribution in [0.15, 0.2) is 30.3 Å². The second-order valence-corrected chi connectivity index (χ2v) is 5.79. The van der Waals surface area contributed by atoms with Gasteiger partial charge in [0, 0.05) is 0 Å². The topological polar surface area (TPSA) is 49.7 Å². The van der Waals surface area contributed by atoms with Crippen molar-refractivity contribution in [2.24, 2.45) is 0 Å². The molecule has 102 valence electrons. The summed E-state index contributed by atoms with van der Waals surface area (Å²) in [5.74, 6) is 0. The summed E-state index contributed by atoms with van der Waals surface area (Å²) in [6.45, 7) is 6.00. The number of hydrogen-bond acceptors (Lipinski definition) is 3. The van der Waals surface area contributed by atoms with Crippen LogP contribution in [0.4, 0.5) is 0 Å². The normalized spacial score (nSPS) is 15.4. The Bertz CT molecular complexity index is 339. The van der Waals surface area contributed by atoms with Crippen molar-refractivity contribution >= 4 is 0 Å². The van der Waals surface area contributed by atoms with Crippen LogP contribution >= 0.6 is 0 Å². The second kappa shape index (κ2) is 6.32. The van der Waals surface area contributed by atoms with Crippen molar-refractivity contribution in [1.82, 2.24) is 0 Å². The molecule has 0 amide bonds. The van der Waals surface area contributed by atoms with Gasteiger partial charge in [-0.1, -0.05) is 30.3 Å². The van der Waals surface area contributed by atoms with E-state index in [2.05, 4.69) is 0 Å². The van der Waals surface area contributed by atoms with Crippen LogP contribution < -0.4 is 0 Å². The lowest BCUT2D eigenvalue weighted by molar-refractivity contribution is -0.0579. The van der Waals surface area contributed by atoms with Gasteiger partial charge in [0.1, 0.15) is 0 Å². The molecule has 2 N–H and O–H groups in total. The maximum absolute atomic E-state index is 10.1. The molecule has 0 heterocycles. The molecular weight excluding hydrogens is 228 g/mol. The number of ether oxygens (including phenoxy) is 1. The van der Waals surface area contributed by atoms with Crippen molar-refractivity contribution in [2.45, 2.75) is 51.4 Å². The molecule has 0 aliphatic rings. The summed E-state index contributed by atoms with van der Waals surface area (Å²) < 4.78 is 5.52. The molecule has 0 aromatic heterocycles. The third kappa shape index (κ3) is 6.74. The van der Waals surface area contributed by atoms with E-state index >= 15 is 0 Å². The van der Waals surface area contributed by atoms with E-state index < -0.39 is 11.2 Å². The maximum Gasteiger partial charge on any atom is 0.0853 e. The van der Waals surface area contributed by atoms with Crippen LogP contribution in [0.2, 0.25) is 0 Å². The van der Waals surface area contributed by atoms with Gasteiger partial charge in [0.05, 0.1) is 24.4 Å². The molecule has 0 saturated heterocycles. The van der Waals surface area contributed by atoms with E-state index in [9.17, 15) is 10.2 Å². The number of benzene rings is 1. The molecule has 0 bridgehead atoms. The highest BCUT2D eigenvalue weighted by molar-refractivity contribution is 5.13. The Hall–Kier alpha value is -0.900. The average Bonchev–Trinajstić information content (AvgIpc) is 2.27.